The first-order valence-electron chi connectivity index (χ1n) is 5.90. The molecule has 0 aliphatic carbocycles. The normalized spacial score (nSPS) is 10.5. The van der Waals surface area contributed by atoms with Gasteiger partial charge in [0.05, 0.1) is 0 Å². The third-order valence-electron chi connectivity index (χ3n) is 2.57. The number of aromatic nitrogens is 2. The Hall–Kier alpha value is -1.39. The van der Waals surface area contributed by atoms with Gasteiger partial charge in [0.15, 0.2) is 0 Å². The Kier molecular flexibility index (Phi) is 5.17. The van der Waals surface area contributed by atoms with Gasteiger partial charge in [0.2, 0.25) is 0 Å². The summed E-state index contributed by atoms with van der Waals surface area (Å²) in [6.45, 7) is 1.67. The molecule has 0 unspecified atom stereocenters. The van der Waals surface area contributed by atoms with E-state index in [1.54, 1.807) is 6.33 Å². The van der Waals surface area contributed by atoms with Crippen LogP contribution in [-0.2, 0) is 18.8 Å². The first-order chi connectivity index (χ1) is 8.88. The largest absolute Gasteiger partial charge is 0.309 e. The standard InChI is InChI=1S/C14H17N3S/c1-18-10-13-4-2-3-12(5-13)6-15-7-14-8-16-11-17-9-14/h2-5,8-9,11,15H,6-7,10H2,1H3. The summed E-state index contributed by atoms with van der Waals surface area (Å²) in [4.78, 5) is 7.99. The van der Waals surface area contributed by atoms with Crippen molar-refractivity contribution in [1.29, 1.82) is 0 Å². The molecule has 1 aromatic heterocycles. The fourth-order valence-corrected chi connectivity index (χ4v) is 2.28. The molecular weight excluding hydrogens is 242 g/mol. The maximum absolute atomic E-state index is 3.99. The number of hydrogen-bond donors (Lipinski definition) is 1. The van der Waals surface area contributed by atoms with Gasteiger partial charge < -0.3 is 5.32 Å². The molecule has 4 heteroatoms. The van der Waals surface area contributed by atoms with Crippen LogP contribution < -0.4 is 5.32 Å². The van der Waals surface area contributed by atoms with Crippen LogP contribution in [0.4, 0.5) is 0 Å². The Morgan fingerprint density at radius 1 is 1.06 bits per heavy atom. The van der Waals surface area contributed by atoms with E-state index in [2.05, 4.69) is 45.8 Å². The molecule has 1 aromatic carbocycles. The molecule has 0 aliphatic rings. The second-order valence-corrected chi connectivity index (χ2v) is 4.97. The van der Waals surface area contributed by atoms with Crippen molar-refractivity contribution < 1.29 is 0 Å². The highest BCUT2D eigenvalue weighted by molar-refractivity contribution is 7.97. The van der Waals surface area contributed by atoms with Crippen molar-refractivity contribution in [1.82, 2.24) is 15.3 Å². The molecule has 0 aliphatic heterocycles. The van der Waals surface area contributed by atoms with E-state index >= 15 is 0 Å². The van der Waals surface area contributed by atoms with Gasteiger partial charge >= 0.3 is 0 Å². The summed E-state index contributed by atoms with van der Waals surface area (Å²) in [5.41, 5.74) is 3.81. The van der Waals surface area contributed by atoms with Crippen molar-refractivity contribution in [3.8, 4) is 0 Å². The first kappa shape index (κ1) is 13.1. The number of hydrogen-bond acceptors (Lipinski definition) is 4. The van der Waals surface area contributed by atoms with Crippen LogP contribution in [0.25, 0.3) is 0 Å². The van der Waals surface area contributed by atoms with Gasteiger partial charge in [0.1, 0.15) is 6.33 Å². The second-order valence-electron chi connectivity index (χ2n) is 4.10. The summed E-state index contributed by atoms with van der Waals surface area (Å²) in [6, 6.07) is 8.70. The highest BCUT2D eigenvalue weighted by Gasteiger charge is 1.97. The van der Waals surface area contributed by atoms with Crippen molar-refractivity contribution in [2.45, 2.75) is 18.8 Å². The molecule has 0 radical (unpaired) electrons. The Morgan fingerprint density at radius 3 is 2.56 bits per heavy atom. The SMILES string of the molecule is CSCc1cccc(CNCc2cncnc2)c1. The van der Waals surface area contributed by atoms with E-state index in [4.69, 9.17) is 0 Å². The van der Waals surface area contributed by atoms with Crippen LogP contribution in [0.3, 0.4) is 0 Å². The molecular formula is C14H17N3S. The van der Waals surface area contributed by atoms with E-state index in [0.717, 1.165) is 24.4 Å². The molecule has 18 heavy (non-hydrogen) atoms. The van der Waals surface area contributed by atoms with Gasteiger partial charge in [-0.25, -0.2) is 9.97 Å². The highest BCUT2D eigenvalue weighted by Crippen LogP contribution is 2.11. The molecule has 0 spiro atoms. The quantitative estimate of drug-likeness (QED) is 0.865. The number of rotatable bonds is 6. The summed E-state index contributed by atoms with van der Waals surface area (Å²) in [6.07, 6.45) is 7.35. The monoisotopic (exact) mass is 259 g/mol. The van der Waals surface area contributed by atoms with Gasteiger partial charge in [-0.1, -0.05) is 24.3 Å². The minimum absolute atomic E-state index is 0.799. The molecule has 3 nitrogen and oxygen atoms in total. The average Bonchev–Trinajstić information content (AvgIpc) is 2.41. The molecule has 2 aromatic rings. The molecule has 0 fully saturated rings. The summed E-state index contributed by atoms with van der Waals surface area (Å²) in [5, 5.41) is 3.40. The van der Waals surface area contributed by atoms with E-state index in [-0.39, 0.29) is 0 Å². The summed E-state index contributed by atoms with van der Waals surface area (Å²) in [5.74, 6) is 1.07. The Morgan fingerprint density at radius 2 is 1.78 bits per heavy atom. The fourth-order valence-electron chi connectivity index (χ4n) is 1.77. The Labute approximate surface area is 112 Å². The number of thioether (sulfide) groups is 1. The number of nitrogens with one attached hydrogen (secondary N) is 1. The zero-order valence-corrected chi connectivity index (χ0v) is 11.3. The predicted octanol–water partition coefficient (Wildman–Crippen LogP) is 2.63. The number of benzene rings is 1. The molecule has 2 rings (SSSR count). The second kappa shape index (κ2) is 7.13. The molecule has 0 saturated heterocycles. The molecule has 0 bridgehead atoms. The molecule has 0 amide bonds. The van der Waals surface area contributed by atoms with Crippen LogP contribution in [0, 0.1) is 0 Å². The summed E-state index contributed by atoms with van der Waals surface area (Å²) >= 11 is 1.85. The van der Waals surface area contributed by atoms with Crippen LogP contribution in [-0.4, -0.2) is 16.2 Å². The van der Waals surface area contributed by atoms with Crippen LogP contribution in [0.5, 0.6) is 0 Å². The van der Waals surface area contributed by atoms with Gasteiger partial charge in [-0.2, -0.15) is 11.8 Å². The van der Waals surface area contributed by atoms with Crippen molar-refractivity contribution in [3.05, 3.63) is 59.7 Å². The molecule has 0 saturated carbocycles. The van der Waals surface area contributed by atoms with E-state index in [0.29, 0.717) is 0 Å². The van der Waals surface area contributed by atoms with Crippen molar-refractivity contribution in [3.63, 3.8) is 0 Å². The fraction of sp³-hybridized carbons (Fsp3) is 0.286. The Bertz CT molecular complexity index is 473. The minimum atomic E-state index is 0.799. The molecule has 0 atom stereocenters. The average molecular weight is 259 g/mol. The van der Waals surface area contributed by atoms with Crippen molar-refractivity contribution >= 4 is 11.8 Å². The topological polar surface area (TPSA) is 37.8 Å². The molecule has 94 valence electrons. The van der Waals surface area contributed by atoms with E-state index in [1.165, 1.54) is 11.1 Å². The van der Waals surface area contributed by atoms with Crippen LogP contribution in [0.1, 0.15) is 16.7 Å². The lowest BCUT2D eigenvalue weighted by atomic mass is 10.1. The van der Waals surface area contributed by atoms with Crippen molar-refractivity contribution in [2.75, 3.05) is 6.26 Å². The summed E-state index contributed by atoms with van der Waals surface area (Å²) < 4.78 is 0. The van der Waals surface area contributed by atoms with Crippen LogP contribution in [0.15, 0.2) is 43.0 Å². The Balaban J connectivity index is 1.84. The van der Waals surface area contributed by atoms with Gasteiger partial charge in [-0.15, -0.1) is 0 Å². The number of nitrogens with zero attached hydrogens (tertiary/aromatic N) is 2. The zero-order chi connectivity index (χ0) is 12.6. The lowest BCUT2D eigenvalue weighted by Crippen LogP contribution is -2.13. The minimum Gasteiger partial charge on any atom is -0.309 e. The van der Waals surface area contributed by atoms with Gasteiger partial charge in [-0.3, -0.25) is 0 Å². The lowest BCUT2D eigenvalue weighted by Gasteiger charge is -2.06. The maximum atomic E-state index is 3.99. The maximum Gasteiger partial charge on any atom is 0.115 e. The lowest BCUT2D eigenvalue weighted by molar-refractivity contribution is 0.688. The van der Waals surface area contributed by atoms with Crippen molar-refractivity contribution in [2.24, 2.45) is 0 Å². The van der Waals surface area contributed by atoms with Gasteiger partial charge in [-0.05, 0) is 17.4 Å². The van der Waals surface area contributed by atoms with E-state index in [1.807, 2.05) is 24.2 Å². The first-order valence-corrected chi connectivity index (χ1v) is 7.29. The smallest absolute Gasteiger partial charge is 0.115 e. The van der Waals surface area contributed by atoms with Gasteiger partial charge in [0, 0.05) is 36.8 Å². The summed E-state index contributed by atoms with van der Waals surface area (Å²) in [7, 11) is 0. The predicted molar refractivity (Wildman–Crippen MR) is 76.2 cm³/mol. The third kappa shape index (κ3) is 4.13. The highest BCUT2D eigenvalue weighted by atomic mass is 32.2. The van der Waals surface area contributed by atoms with Crippen LogP contribution in [0.2, 0.25) is 0 Å². The molecule has 1 N–H and O–H groups in total. The molecule has 1 heterocycles. The van der Waals surface area contributed by atoms with E-state index < -0.39 is 0 Å². The zero-order valence-electron chi connectivity index (χ0n) is 10.5. The third-order valence-corrected chi connectivity index (χ3v) is 3.20. The van der Waals surface area contributed by atoms with Crippen LogP contribution >= 0.6 is 11.8 Å². The van der Waals surface area contributed by atoms with E-state index in [9.17, 15) is 0 Å². The van der Waals surface area contributed by atoms with Gasteiger partial charge in [0.25, 0.3) is 0 Å².